The number of pyridine rings is 1. The summed E-state index contributed by atoms with van der Waals surface area (Å²) in [6.45, 7) is 3.10. The second-order valence-electron chi connectivity index (χ2n) is 11.1. The van der Waals surface area contributed by atoms with E-state index in [1.165, 1.54) is 12.1 Å². The molecule has 0 spiro atoms. The van der Waals surface area contributed by atoms with Crippen LogP contribution < -0.4 is 10.1 Å². The highest BCUT2D eigenvalue weighted by atomic mass is 19.3. The molecule has 4 aromatic rings. The number of likely N-dealkylation sites (tertiary alicyclic amines) is 1. The monoisotopic (exact) mass is 586 g/mol. The predicted octanol–water partition coefficient (Wildman–Crippen LogP) is 6.89. The second-order valence-corrected chi connectivity index (χ2v) is 11.1. The third-order valence-electron chi connectivity index (χ3n) is 8.07. The summed E-state index contributed by atoms with van der Waals surface area (Å²) in [6, 6.07) is 22.0. The fourth-order valence-corrected chi connectivity index (χ4v) is 5.58. The Balaban J connectivity index is 1.10. The van der Waals surface area contributed by atoms with Gasteiger partial charge in [-0.15, -0.1) is 0 Å². The zero-order chi connectivity index (χ0) is 29.8. The summed E-state index contributed by atoms with van der Waals surface area (Å²) in [7, 11) is 0. The Morgan fingerprint density at radius 3 is 2.33 bits per heavy atom. The fraction of sp³-hybridized carbons (Fsp3) is 0.294. The Bertz CT molecular complexity index is 1540. The van der Waals surface area contributed by atoms with E-state index in [4.69, 9.17) is 4.74 Å². The van der Waals surface area contributed by atoms with E-state index in [9.17, 15) is 18.0 Å². The number of amides is 2. The van der Waals surface area contributed by atoms with Crippen molar-refractivity contribution in [1.82, 2.24) is 20.1 Å². The topological polar surface area (TPSA) is 57.7 Å². The van der Waals surface area contributed by atoms with Crippen LogP contribution in [0.15, 0.2) is 85.2 Å². The first-order valence-electron chi connectivity index (χ1n) is 14.5. The van der Waals surface area contributed by atoms with Crippen molar-refractivity contribution in [2.24, 2.45) is 0 Å². The molecule has 0 radical (unpaired) electrons. The molecule has 0 bridgehead atoms. The van der Waals surface area contributed by atoms with Crippen LogP contribution >= 0.6 is 0 Å². The molecule has 0 atom stereocenters. The van der Waals surface area contributed by atoms with Crippen LogP contribution in [-0.4, -0.2) is 53.0 Å². The third kappa shape index (κ3) is 7.00. The van der Waals surface area contributed by atoms with Crippen LogP contribution in [0.2, 0.25) is 0 Å². The number of hydrogen-bond acceptors (Lipinski definition) is 4. The Morgan fingerprint density at radius 2 is 1.58 bits per heavy atom. The summed E-state index contributed by atoms with van der Waals surface area (Å²) in [5.41, 5.74) is 6.82. The number of halogens is 3. The first kappa shape index (κ1) is 28.7. The molecular formula is C34H33F3N4O2. The van der Waals surface area contributed by atoms with Gasteiger partial charge in [0.15, 0.2) is 0 Å². The lowest BCUT2D eigenvalue weighted by Gasteiger charge is -2.31. The smallest absolute Gasteiger partial charge is 0.318 e. The van der Waals surface area contributed by atoms with Crippen LogP contribution in [0.25, 0.3) is 22.3 Å². The van der Waals surface area contributed by atoms with Gasteiger partial charge in [0.2, 0.25) is 0 Å². The summed E-state index contributed by atoms with van der Waals surface area (Å²) in [6.07, 6.45) is 3.34. The molecule has 1 fully saturated rings. The molecule has 3 heterocycles. The number of piperidine rings is 1. The second kappa shape index (κ2) is 12.5. The maximum absolute atomic E-state index is 13.7. The van der Waals surface area contributed by atoms with E-state index in [0.29, 0.717) is 45.0 Å². The number of rotatable bonds is 8. The van der Waals surface area contributed by atoms with Crippen molar-refractivity contribution in [2.45, 2.75) is 38.4 Å². The minimum absolute atomic E-state index is 0.0941. The van der Waals surface area contributed by atoms with Crippen molar-refractivity contribution in [3.05, 3.63) is 108 Å². The maximum atomic E-state index is 13.7. The van der Waals surface area contributed by atoms with Gasteiger partial charge in [0.25, 0.3) is 5.92 Å². The molecular weight excluding hydrogens is 553 g/mol. The minimum Gasteiger partial charge on any atom is -0.491 e. The Hall–Kier alpha value is -4.37. The first-order valence-corrected chi connectivity index (χ1v) is 14.5. The Labute approximate surface area is 249 Å². The number of alkyl halides is 2. The molecule has 0 unspecified atom stereocenters. The lowest BCUT2D eigenvalue weighted by Crippen LogP contribution is -2.38. The van der Waals surface area contributed by atoms with Crippen molar-refractivity contribution in [3.63, 3.8) is 0 Å². The van der Waals surface area contributed by atoms with Gasteiger partial charge >= 0.3 is 6.03 Å². The number of nitrogens with zero attached hydrogens (tertiary/aromatic N) is 3. The molecule has 2 aliphatic rings. The van der Waals surface area contributed by atoms with Crippen molar-refractivity contribution < 1.29 is 22.7 Å². The number of ether oxygens (including phenoxy) is 1. The number of benzene rings is 3. The Kier molecular flexibility index (Phi) is 8.33. The molecule has 9 heteroatoms. The van der Waals surface area contributed by atoms with Crippen LogP contribution in [0.3, 0.4) is 0 Å². The van der Waals surface area contributed by atoms with E-state index in [2.05, 4.69) is 15.2 Å². The fourth-order valence-electron chi connectivity index (χ4n) is 5.58. The van der Waals surface area contributed by atoms with Gasteiger partial charge in [-0.2, -0.15) is 0 Å². The molecule has 1 saturated heterocycles. The molecule has 43 heavy (non-hydrogen) atoms. The lowest BCUT2D eigenvalue weighted by molar-refractivity contribution is -0.0566. The van der Waals surface area contributed by atoms with Gasteiger partial charge in [-0.1, -0.05) is 42.5 Å². The number of urea groups is 1. The van der Waals surface area contributed by atoms with Gasteiger partial charge in [-0.05, 0) is 63.7 Å². The highest BCUT2D eigenvalue weighted by molar-refractivity contribution is 5.78. The Morgan fingerprint density at radius 1 is 0.884 bits per heavy atom. The largest absolute Gasteiger partial charge is 0.491 e. The quantitative estimate of drug-likeness (QED) is 0.229. The number of nitrogens with one attached hydrogen (secondary N) is 1. The summed E-state index contributed by atoms with van der Waals surface area (Å²) < 4.78 is 46.8. The standard InChI is InChI=1S/C34H33F3N4O2/c35-30-8-5-26(6-9-30)31-19-27(25-3-1-24(2-4-25)21-40-16-12-34(36,37)13-17-40)7-10-32(31)43-18-15-39-33(42)41-22-28-11-14-38-20-29(28)23-41/h1-11,14,19-20H,12-13,15-18,21-23H2,(H,39,42). The molecule has 6 rings (SSSR count). The molecule has 1 aromatic heterocycles. The van der Waals surface area contributed by atoms with Crippen LogP contribution in [0.1, 0.15) is 29.5 Å². The lowest BCUT2D eigenvalue weighted by atomic mass is 9.97. The van der Waals surface area contributed by atoms with Crippen LogP contribution in [-0.2, 0) is 19.6 Å². The van der Waals surface area contributed by atoms with Crippen LogP contribution in [0.5, 0.6) is 5.75 Å². The molecule has 2 aliphatic heterocycles. The molecule has 2 amide bonds. The average molecular weight is 587 g/mol. The third-order valence-corrected chi connectivity index (χ3v) is 8.07. The summed E-state index contributed by atoms with van der Waals surface area (Å²) in [5.74, 6) is -2.24. The summed E-state index contributed by atoms with van der Waals surface area (Å²) >= 11 is 0. The number of hydrogen-bond donors (Lipinski definition) is 1. The first-order chi connectivity index (χ1) is 20.8. The van der Waals surface area contributed by atoms with Crippen molar-refractivity contribution in [1.29, 1.82) is 0 Å². The summed E-state index contributed by atoms with van der Waals surface area (Å²) in [5, 5.41) is 2.92. The van der Waals surface area contributed by atoms with E-state index >= 15 is 0 Å². The van der Waals surface area contributed by atoms with Crippen molar-refractivity contribution in [2.75, 3.05) is 26.2 Å². The van der Waals surface area contributed by atoms with Crippen molar-refractivity contribution >= 4 is 6.03 Å². The average Bonchev–Trinajstić information content (AvgIpc) is 3.46. The predicted molar refractivity (Wildman–Crippen MR) is 159 cm³/mol. The SMILES string of the molecule is O=C(NCCOc1ccc(-c2ccc(CN3CCC(F)(F)CC3)cc2)cc1-c1ccc(F)cc1)N1Cc2ccncc2C1. The van der Waals surface area contributed by atoms with E-state index < -0.39 is 5.92 Å². The molecule has 1 N–H and O–H groups in total. The molecule has 3 aromatic carbocycles. The normalized spacial score (nSPS) is 16.1. The number of carbonyl (C=O) groups excluding carboxylic acids is 1. The number of aromatic nitrogens is 1. The van der Waals surface area contributed by atoms with Gasteiger partial charge in [-0.3, -0.25) is 9.88 Å². The van der Waals surface area contributed by atoms with Crippen molar-refractivity contribution in [3.8, 4) is 28.0 Å². The van der Waals surface area contributed by atoms with E-state index in [-0.39, 0.29) is 31.3 Å². The highest BCUT2D eigenvalue weighted by Crippen LogP contribution is 2.35. The van der Waals surface area contributed by atoms with E-state index in [1.807, 2.05) is 48.5 Å². The van der Waals surface area contributed by atoms with Gasteiger partial charge < -0.3 is 15.0 Å². The van der Waals surface area contributed by atoms with Gasteiger partial charge in [0.05, 0.1) is 6.54 Å². The summed E-state index contributed by atoms with van der Waals surface area (Å²) in [4.78, 5) is 20.6. The zero-order valence-electron chi connectivity index (χ0n) is 23.7. The zero-order valence-corrected chi connectivity index (χ0v) is 23.7. The van der Waals surface area contributed by atoms with Gasteiger partial charge in [0.1, 0.15) is 18.2 Å². The number of fused-ring (bicyclic) bond motifs is 1. The molecule has 0 saturated carbocycles. The highest BCUT2D eigenvalue weighted by Gasteiger charge is 2.33. The molecule has 6 nitrogen and oxygen atoms in total. The minimum atomic E-state index is -2.55. The van der Waals surface area contributed by atoms with Crippen LogP contribution in [0, 0.1) is 5.82 Å². The molecule has 222 valence electrons. The van der Waals surface area contributed by atoms with Gasteiger partial charge in [0, 0.05) is 63.5 Å². The molecule has 0 aliphatic carbocycles. The van der Waals surface area contributed by atoms with E-state index in [0.717, 1.165) is 38.9 Å². The van der Waals surface area contributed by atoms with Gasteiger partial charge in [-0.25, -0.2) is 18.0 Å². The maximum Gasteiger partial charge on any atom is 0.318 e. The number of carbonyl (C=O) groups is 1. The van der Waals surface area contributed by atoms with E-state index in [1.54, 1.807) is 29.4 Å². The van der Waals surface area contributed by atoms with Crippen LogP contribution in [0.4, 0.5) is 18.0 Å².